The summed E-state index contributed by atoms with van der Waals surface area (Å²) in [6.45, 7) is 11.9. The van der Waals surface area contributed by atoms with Crippen LogP contribution in [-0.4, -0.2) is 40.9 Å². The standard InChI is InChI=1S/C17H23Cl2N3O/c1-5-21(6-2)9-10-23-17-12(3)13(4)22(20-17)14-7-8-15(18)16(19)11-14/h7-8,11H,5-6,9-10H2,1-4H3. The van der Waals surface area contributed by atoms with Gasteiger partial charge >= 0.3 is 0 Å². The Morgan fingerprint density at radius 3 is 2.43 bits per heavy atom. The maximum absolute atomic E-state index is 6.10. The molecule has 0 N–H and O–H groups in total. The fourth-order valence-electron chi connectivity index (χ4n) is 2.37. The molecule has 0 saturated heterocycles. The number of hydrogen-bond acceptors (Lipinski definition) is 3. The zero-order valence-corrected chi connectivity index (χ0v) is 15.6. The molecular formula is C17H23Cl2N3O. The van der Waals surface area contributed by atoms with Gasteiger partial charge in [-0.05, 0) is 45.1 Å². The van der Waals surface area contributed by atoms with Crippen LogP contribution in [-0.2, 0) is 0 Å². The van der Waals surface area contributed by atoms with Gasteiger partial charge in [-0.15, -0.1) is 5.10 Å². The van der Waals surface area contributed by atoms with Crippen molar-refractivity contribution in [2.75, 3.05) is 26.2 Å². The third-order valence-corrected chi connectivity index (χ3v) is 4.80. The van der Waals surface area contributed by atoms with Crippen LogP contribution in [0.25, 0.3) is 5.69 Å². The maximum atomic E-state index is 6.10. The van der Waals surface area contributed by atoms with Crippen LogP contribution >= 0.6 is 23.2 Å². The highest BCUT2D eigenvalue weighted by molar-refractivity contribution is 6.42. The fourth-order valence-corrected chi connectivity index (χ4v) is 2.66. The minimum absolute atomic E-state index is 0.515. The molecule has 1 aromatic heterocycles. The number of nitrogens with zero attached hydrogens (tertiary/aromatic N) is 3. The van der Waals surface area contributed by atoms with Crippen molar-refractivity contribution in [2.24, 2.45) is 0 Å². The van der Waals surface area contributed by atoms with E-state index in [9.17, 15) is 0 Å². The number of aromatic nitrogens is 2. The van der Waals surface area contributed by atoms with Crippen LogP contribution in [0.4, 0.5) is 0 Å². The largest absolute Gasteiger partial charge is 0.475 e. The normalized spacial score (nSPS) is 11.3. The van der Waals surface area contributed by atoms with Crippen LogP contribution < -0.4 is 4.74 Å². The Kier molecular flexibility index (Phi) is 6.33. The van der Waals surface area contributed by atoms with E-state index in [2.05, 4.69) is 23.8 Å². The lowest BCUT2D eigenvalue weighted by Crippen LogP contribution is -2.28. The van der Waals surface area contributed by atoms with Crippen LogP contribution in [0.5, 0.6) is 5.88 Å². The Morgan fingerprint density at radius 1 is 1.13 bits per heavy atom. The van der Waals surface area contributed by atoms with E-state index in [0.29, 0.717) is 22.5 Å². The first-order chi connectivity index (χ1) is 11.0. The second-order valence-electron chi connectivity index (χ2n) is 5.40. The Labute approximate surface area is 147 Å². The lowest BCUT2D eigenvalue weighted by atomic mass is 10.2. The fraction of sp³-hybridized carbons (Fsp3) is 0.471. The van der Waals surface area contributed by atoms with Gasteiger partial charge < -0.3 is 9.64 Å². The Balaban J connectivity index is 2.16. The first-order valence-corrected chi connectivity index (χ1v) is 8.60. The summed E-state index contributed by atoms with van der Waals surface area (Å²) >= 11 is 12.1. The SMILES string of the molecule is CCN(CC)CCOc1nn(-c2ccc(Cl)c(Cl)c2)c(C)c1C. The van der Waals surface area contributed by atoms with Gasteiger partial charge in [0.25, 0.3) is 0 Å². The predicted molar refractivity (Wildman–Crippen MR) is 96.3 cm³/mol. The summed E-state index contributed by atoms with van der Waals surface area (Å²) in [4.78, 5) is 2.32. The van der Waals surface area contributed by atoms with Gasteiger partial charge in [-0.3, -0.25) is 0 Å². The number of ether oxygens (including phenoxy) is 1. The topological polar surface area (TPSA) is 30.3 Å². The molecule has 0 radical (unpaired) electrons. The van der Waals surface area contributed by atoms with Crippen molar-refractivity contribution in [3.8, 4) is 11.6 Å². The van der Waals surface area contributed by atoms with Crippen LogP contribution in [0, 0.1) is 13.8 Å². The molecule has 2 aromatic rings. The van der Waals surface area contributed by atoms with E-state index in [-0.39, 0.29) is 0 Å². The van der Waals surface area contributed by atoms with Crippen LogP contribution in [0.1, 0.15) is 25.1 Å². The number of benzene rings is 1. The Hall–Kier alpha value is -1.23. The minimum Gasteiger partial charge on any atom is -0.475 e. The summed E-state index contributed by atoms with van der Waals surface area (Å²) in [6, 6.07) is 5.48. The number of likely N-dealkylation sites (N-methyl/N-ethyl adjacent to an activating group) is 1. The third-order valence-electron chi connectivity index (χ3n) is 4.06. The summed E-state index contributed by atoms with van der Waals surface area (Å²) < 4.78 is 7.71. The van der Waals surface area contributed by atoms with Gasteiger partial charge in [-0.1, -0.05) is 37.0 Å². The van der Waals surface area contributed by atoms with Crippen LogP contribution in [0.15, 0.2) is 18.2 Å². The second-order valence-corrected chi connectivity index (χ2v) is 6.22. The lowest BCUT2D eigenvalue weighted by molar-refractivity contribution is 0.216. The summed E-state index contributed by atoms with van der Waals surface area (Å²) in [5.41, 5.74) is 2.94. The number of halogens is 2. The molecule has 1 heterocycles. The quantitative estimate of drug-likeness (QED) is 0.731. The van der Waals surface area contributed by atoms with Gasteiger partial charge in [-0.2, -0.15) is 0 Å². The molecule has 0 aliphatic carbocycles. The van der Waals surface area contributed by atoms with Gasteiger partial charge in [0.1, 0.15) is 6.61 Å². The molecular weight excluding hydrogens is 333 g/mol. The van der Waals surface area contributed by atoms with Gasteiger partial charge in [0.15, 0.2) is 0 Å². The average Bonchev–Trinajstić information content (AvgIpc) is 2.83. The van der Waals surface area contributed by atoms with E-state index in [4.69, 9.17) is 27.9 Å². The average molecular weight is 356 g/mol. The molecule has 6 heteroatoms. The summed E-state index contributed by atoms with van der Waals surface area (Å²) in [5.74, 6) is 0.667. The first kappa shape index (κ1) is 18.1. The van der Waals surface area contributed by atoms with E-state index in [0.717, 1.165) is 36.6 Å². The summed E-state index contributed by atoms with van der Waals surface area (Å²) in [7, 11) is 0. The van der Waals surface area contributed by atoms with E-state index >= 15 is 0 Å². The van der Waals surface area contributed by atoms with Crippen molar-refractivity contribution in [1.29, 1.82) is 0 Å². The van der Waals surface area contributed by atoms with E-state index in [1.165, 1.54) is 0 Å². The summed E-state index contributed by atoms with van der Waals surface area (Å²) in [6.07, 6.45) is 0. The summed E-state index contributed by atoms with van der Waals surface area (Å²) in [5, 5.41) is 5.62. The van der Waals surface area contributed by atoms with Crippen LogP contribution in [0.2, 0.25) is 10.0 Å². The highest BCUT2D eigenvalue weighted by Gasteiger charge is 2.14. The monoisotopic (exact) mass is 355 g/mol. The molecule has 23 heavy (non-hydrogen) atoms. The Bertz CT molecular complexity index is 666. The molecule has 0 aliphatic heterocycles. The minimum atomic E-state index is 0.515. The third kappa shape index (κ3) is 4.19. The van der Waals surface area contributed by atoms with Crippen molar-refractivity contribution in [3.63, 3.8) is 0 Å². The zero-order chi connectivity index (χ0) is 17.0. The molecule has 0 aliphatic rings. The molecule has 0 amide bonds. The molecule has 0 unspecified atom stereocenters. The lowest BCUT2D eigenvalue weighted by Gasteiger charge is -2.17. The highest BCUT2D eigenvalue weighted by Crippen LogP contribution is 2.27. The van der Waals surface area contributed by atoms with E-state index in [1.54, 1.807) is 6.07 Å². The maximum Gasteiger partial charge on any atom is 0.236 e. The van der Waals surface area contributed by atoms with E-state index < -0.39 is 0 Å². The number of rotatable bonds is 7. The molecule has 1 aromatic carbocycles. The van der Waals surface area contributed by atoms with Gasteiger partial charge in [0.05, 0.1) is 15.7 Å². The Morgan fingerprint density at radius 2 is 1.83 bits per heavy atom. The molecule has 4 nitrogen and oxygen atoms in total. The van der Waals surface area contributed by atoms with E-state index in [1.807, 2.05) is 30.7 Å². The molecule has 2 rings (SSSR count). The smallest absolute Gasteiger partial charge is 0.236 e. The molecule has 0 fully saturated rings. The van der Waals surface area contributed by atoms with Crippen molar-refractivity contribution >= 4 is 23.2 Å². The molecule has 0 bridgehead atoms. The first-order valence-electron chi connectivity index (χ1n) is 7.84. The van der Waals surface area contributed by atoms with Crippen molar-refractivity contribution in [3.05, 3.63) is 39.5 Å². The predicted octanol–water partition coefficient (Wildman–Crippen LogP) is 4.52. The zero-order valence-electron chi connectivity index (χ0n) is 14.1. The van der Waals surface area contributed by atoms with Gasteiger partial charge in [0, 0.05) is 17.8 Å². The van der Waals surface area contributed by atoms with Crippen molar-refractivity contribution < 1.29 is 4.74 Å². The second kappa shape index (κ2) is 8.04. The van der Waals surface area contributed by atoms with Gasteiger partial charge in [-0.25, -0.2) is 4.68 Å². The van der Waals surface area contributed by atoms with Crippen LogP contribution in [0.3, 0.4) is 0 Å². The van der Waals surface area contributed by atoms with Gasteiger partial charge in [0.2, 0.25) is 5.88 Å². The number of hydrogen-bond donors (Lipinski definition) is 0. The molecule has 0 saturated carbocycles. The van der Waals surface area contributed by atoms with Crippen molar-refractivity contribution in [2.45, 2.75) is 27.7 Å². The molecule has 126 valence electrons. The van der Waals surface area contributed by atoms with Crippen molar-refractivity contribution in [1.82, 2.24) is 14.7 Å². The molecule has 0 spiro atoms. The highest BCUT2D eigenvalue weighted by atomic mass is 35.5. The molecule has 0 atom stereocenters.